The molecule has 0 heterocycles. The fourth-order valence-corrected chi connectivity index (χ4v) is 0.711. The Kier molecular flexibility index (Phi) is 4.81. The van der Waals surface area contributed by atoms with Crippen molar-refractivity contribution in [3.05, 3.63) is 0 Å². The van der Waals surface area contributed by atoms with Crippen molar-refractivity contribution >= 4 is 13.9 Å². The van der Waals surface area contributed by atoms with E-state index in [1.165, 1.54) is 0 Å². The standard InChI is InChI=1S/C4H10NO3P/c5-3-1-2-4(6)9(7)8/h7-8H,1-3,5H2. The van der Waals surface area contributed by atoms with Gasteiger partial charge in [0, 0.05) is 6.42 Å². The van der Waals surface area contributed by atoms with Crippen LogP contribution in [0, 0.1) is 0 Å². The summed E-state index contributed by atoms with van der Waals surface area (Å²) >= 11 is 0. The smallest absolute Gasteiger partial charge is 0.238 e. The maximum absolute atomic E-state index is 10.4. The van der Waals surface area contributed by atoms with Gasteiger partial charge in [0.15, 0.2) is 0 Å². The lowest BCUT2D eigenvalue weighted by atomic mass is 10.3. The van der Waals surface area contributed by atoms with Crippen LogP contribution in [-0.4, -0.2) is 21.9 Å². The zero-order chi connectivity index (χ0) is 7.28. The zero-order valence-corrected chi connectivity index (χ0v) is 5.84. The van der Waals surface area contributed by atoms with E-state index in [0.717, 1.165) is 0 Å². The van der Waals surface area contributed by atoms with Crippen LogP contribution in [0.5, 0.6) is 0 Å². The second-order valence-electron chi connectivity index (χ2n) is 1.58. The molecule has 0 rings (SSSR count). The van der Waals surface area contributed by atoms with Crippen LogP contribution < -0.4 is 5.73 Å². The molecule has 0 bridgehead atoms. The zero-order valence-electron chi connectivity index (χ0n) is 4.95. The fourth-order valence-electron chi connectivity index (χ4n) is 0.353. The van der Waals surface area contributed by atoms with Crippen LogP contribution in [0.15, 0.2) is 0 Å². The second-order valence-corrected chi connectivity index (χ2v) is 2.65. The molecule has 0 aromatic carbocycles. The van der Waals surface area contributed by atoms with Gasteiger partial charge in [-0.2, -0.15) is 0 Å². The van der Waals surface area contributed by atoms with Crippen molar-refractivity contribution in [1.29, 1.82) is 0 Å². The molecule has 9 heavy (non-hydrogen) atoms. The summed E-state index contributed by atoms with van der Waals surface area (Å²) in [5.74, 6) is 0. The SMILES string of the molecule is NCCCC(=O)P(O)O. The first-order valence-corrected chi connectivity index (χ1v) is 3.84. The molecule has 0 atom stereocenters. The molecule has 0 aromatic rings. The molecule has 0 amide bonds. The van der Waals surface area contributed by atoms with Crippen LogP contribution in [-0.2, 0) is 4.79 Å². The molecule has 0 saturated carbocycles. The average molecular weight is 151 g/mol. The van der Waals surface area contributed by atoms with E-state index in [1.54, 1.807) is 0 Å². The third-order valence-electron chi connectivity index (χ3n) is 0.818. The molecule has 0 aromatic heterocycles. The summed E-state index contributed by atoms with van der Waals surface area (Å²) in [6.07, 6.45) is 0.702. The lowest BCUT2D eigenvalue weighted by Crippen LogP contribution is -2.02. The molecule has 0 saturated heterocycles. The lowest BCUT2D eigenvalue weighted by molar-refractivity contribution is -0.112. The topological polar surface area (TPSA) is 83.6 Å². The number of nitrogens with two attached hydrogens (primary N) is 1. The van der Waals surface area contributed by atoms with E-state index in [2.05, 4.69) is 0 Å². The number of rotatable bonds is 4. The fraction of sp³-hybridized carbons (Fsp3) is 0.750. The maximum Gasteiger partial charge on any atom is 0.238 e. The van der Waals surface area contributed by atoms with E-state index in [9.17, 15) is 4.79 Å². The van der Waals surface area contributed by atoms with Crippen LogP contribution in [0.1, 0.15) is 12.8 Å². The highest BCUT2D eigenvalue weighted by Gasteiger charge is 2.09. The summed E-state index contributed by atoms with van der Waals surface area (Å²) in [7, 11) is -2.37. The van der Waals surface area contributed by atoms with Crippen LogP contribution >= 0.6 is 8.38 Å². The molecular weight excluding hydrogens is 141 g/mol. The van der Waals surface area contributed by atoms with E-state index in [0.29, 0.717) is 13.0 Å². The Morgan fingerprint density at radius 1 is 1.56 bits per heavy atom. The first-order valence-electron chi connectivity index (χ1n) is 2.59. The summed E-state index contributed by atoms with van der Waals surface area (Å²) in [6.45, 7) is 0.412. The largest absolute Gasteiger partial charge is 0.345 e. The molecule has 0 aliphatic heterocycles. The first kappa shape index (κ1) is 8.98. The highest BCUT2D eigenvalue weighted by atomic mass is 31.2. The third kappa shape index (κ3) is 4.48. The number of hydrogen-bond acceptors (Lipinski definition) is 4. The molecule has 0 unspecified atom stereocenters. The monoisotopic (exact) mass is 151 g/mol. The Morgan fingerprint density at radius 2 is 2.11 bits per heavy atom. The van der Waals surface area contributed by atoms with Crippen LogP contribution in [0.2, 0.25) is 0 Å². The molecule has 4 nitrogen and oxygen atoms in total. The van der Waals surface area contributed by atoms with Gasteiger partial charge < -0.3 is 15.5 Å². The number of hydrogen-bond donors (Lipinski definition) is 3. The summed E-state index contributed by atoms with van der Waals surface area (Å²) in [5, 5.41) is 0. The van der Waals surface area contributed by atoms with Gasteiger partial charge in [-0.15, -0.1) is 0 Å². The molecular formula is C4H10NO3P. The Hall–Kier alpha value is -0.0200. The van der Waals surface area contributed by atoms with E-state index < -0.39 is 13.9 Å². The maximum atomic E-state index is 10.4. The minimum absolute atomic E-state index is 0.176. The molecule has 0 aliphatic carbocycles. The highest BCUT2D eigenvalue weighted by molar-refractivity contribution is 7.64. The molecule has 0 radical (unpaired) electrons. The van der Waals surface area contributed by atoms with Crippen LogP contribution in [0.25, 0.3) is 0 Å². The predicted molar refractivity (Wildman–Crippen MR) is 34.7 cm³/mol. The molecule has 5 heteroatoms. The Bertz CT molecular complexity index is 95.8. The van der Waals surface area contributed by atoms with E-state index in [1.807, 2.05) is 0 Å². The van der Waals surface area contributed by atoms with Gasteiger partial charge in [-0.05, 0) is 13.0 Å². The van der Waals surface area contributed by atoms with Crippen molar-refractivity contribution in [2.24, 2.45) is 5.73 Å². The number of carbonyl (C=O) groups is 1. The molecule has 0 spiro atoms. The molecule has 0 fully saturated rings. The van der Waals surface area contributed by atoms with E-state index in [-0.39, 0.29) is 6.42 Å². The van der Waals surface area contributed by atoms with Crippen molar-refractivity contribution in [2.45, 2.75) is 12.8 Å². The Balaban J connectivity index is 3.28. The Labute approximate surface area is 54.6 Å². The van der Waals surface area contributed by atoms with Crippen LogP contribution in [0.3, 0.4) is 0 Å². The molecule has 0 aliphatic rings. The summed E-state index contributed by atoms with van der Waals surface area (Å²) in [5.41, 5.74) is 4.56. The summed E-state index contributed by atoms with van der Waals surface area (Å²) < 4.78 is 0. The summed E-state index contributed by atoms with van der Waals surface area (Å²) in [6, 6.07) is 0. The van der Waals surface area contributed by atoms with Crippen molar-refractivity contribution in [3.8, 4) is 0 Å². The molecule has 54 valence electrons. The van der Waals surface area contributed by atoms with Gasteiger partial charge >= 0.3 is 0 Å². The van der Waals surface area contributed by atoms with Gasteiger partial charge in [0.25, 0.3) is 0 Å². The molecule has 4 N–H and O–H groups in total. The Morgan fingerprint density at radius 3 is 2.44 bits per heavy atom. The van der Waals surface area contributed by atoms with Crippen LogP contribution in [0.4, 0.5) is 0 Å². The highest BCUT2D eigenvalue weighted by Crippen LogP contribution is 2.26. The van der Waals surface area contributed by atoms with E-state index in [4.69, 9.17) is 15.5 Å². The van der Waals surface area contributed by atoms with E-state index >= 15 is 0 Å². The van der Waals surface area contributed by atoms with Crippen molar-refractivity contribution in [3.63, 3.8) is 0 Å². The van der Waals surface area contributed by atoms with Crippen molar-refractivity contribution in [2.75, 3.05) is 6.54 Å². The normalized spacial score (nSPS) is 10.2. The van der Waals surface area contributed by atoms with Gasteiger partial charge in [-0.1, -0.05) is 0 Å². The minimum atomic E-state index is -2.37. The van der Waals surface area contributed by atoms with Gasteiger partial charge in [-0.3, -0.25) is 4.79 Å². The first-order chi connectivity index (χ1) is 4.18. The van der Waals surface area contributed by atoms with Gasteiger partial charge in [0.05, 0.1) is 0 Å². The summed E-state index contributed by atoms with van der Waals surface area (Å²) in [4.78, 5) is 26.9. The second kappa shape index (κ2) is 4.82. The minimum Gasteiger partial charge on any atom is -0.345 e. The third-order valence-corrected chi connectivity index (χ3v) is 1.49. The van der Waals surface area contributed by atoms with Gasteiger partial charge in [0.1, 0.15) is 0 Å². The van der Waals surface area contributed by atoms with Gasteiger partial charge in [-0.25, -0.2) is 0 Å². The lowest BCUT2D eigenvalue weighted by Gasteiger charge is -1.97. The van der Waals surface area contributed by atoms with Crippen molar-refractivity contribution in [1.82, 2.24) is 0 Å². The quantitative estimate of drug-likeness (QED) is 0.475. The van der Waals surface area contributed by atoms with Crippen molar-refractivity contribution < 1.29 is 14.6 Å². The van der Waals surface area contributed by atoms with Gasteiger partial charge in [0.2, 0.25) is 13.9 Å². The average Bonchev–Trinajstić information content (AvgIpc) is 1.82. The number of carbonyl (C=O) groups excluding carboxylic acids is 1. The predicted octanol–water partition coefficient (Wildman–Crippen LogP) is -0.452.